The molecular weight excluding hydrogens is 266 g/mol. The molecule has 0 aliphatic heterocycles. The van der Waals surface area contributed by atoms with E-state index in [0.29, 0.717) is 12.6 Å². The van der Waals surface area contributed by atoms with Crippen LogP contribution in [-0.2, 0) is 13.6 Å². The van der Waals surface area contributed by atoms with E-state index >= 15 is 0 Å². The third-order valence-corrected chi connectivity index (χ3v) is 3.07. The van der Waals surface area contributed by atoms with Crippen molar-refractivity contribution in [1.29, 1.82) is 0 Å². The number of aromatic nitrogens is 4. The van der Waals surface area contributed by atoms with E-state index in [1.54, 1.807) is 18.1 Å². The van der Waals surface area contributed by atoms with Crippen LogP contribution in [0.3, 0.4) is 0 Å². The number of hydrogen-bond acceptors (Lipinski definition) is 5. The Morgan fingerprint density at radius 1 is 1.29 bits per heavy atom. The minimum Gasteiger partial charge on any atom is -0.422 e. The Bertz CT molecular complexity index is 753. The van der Waals surface area contributed by atoms with E-state index in [-0.39, 0.29) is 0 Å². The highest BCUT2D eigenvalue weighted by Crippen LogP contribution is 2.28. The monoisotopic (exact) mass is 283 g/mol. The van der Waals surface area contributed by atoms with Crippen LogP contribution in [-0.4, -0.2) is 26.3 Å². The van der Waals surface area contributed by atoms with E-state index in [1.807, 2.05) is 30.3 Å². The summed E-state index contributed by atoms with van der Waals surface area (Å²) in [6.07, 6.45) is 1.61. The Balaban J connectivity index is 2.01. The Morgan fingerprint density at radius 2 is 2.14 bits per heavy atom. The number of ether oxygens (including phenoxy) is 1. The van der Waals surface area contributed by atoms with E-state index in [2.05, 4.69) is 27.3 Å². The number of nitrogens with zero attached hydrogens (tertiary/aromatic N) is 4. The topological polar surface area (TPSA) is 64.9 Å². The fourth-order valence-corrected chi connectivity index (χ4v) is 2.09. The van der Waals surface area contributed by atoms with Crippen molar-refractivity contribution in [3.63, 3.8) is 0 Å². The van der Waals surface area contributed by atoms with Gasteiger partial charge in [0.25, 0.3) is 0 Å². The lowest BCUT2D eigenvalue weighted by atomic mass is 10.2. The number of para-hydroxylation sites is 1. The first-order valence-electron chi connectivity index (χ1n) is 6.89. The van der Waals surface area contributed by atoms with Gasteiger partial charge in [-0.05, 0) is 18.7 Å². The zero-order valence-electron chi connectivity index (χ0n) is 12.1. The molecule has 0 fully saturated rings. The van der Waals surface area contributed by atoms with Gasteiger partial charge >= 0.3 is 6.01 Å². The van der Waals surface area contributed by atoms with E-state index in [1.165, 1.54) is 0 Å². The normalized spacial score (nSPS) is 11.0. The second kappa shape index (κ2) is 5.88. The lowest BCUT2D eigenvalue weighted by molar-refractivity contribution is 0.442. The number of hydrogen-bond donors (Lipinski definition) is 1. The summed E-state index contributed by atoms with van der Waals surface area (Å²) in [4.78, 5) is 8.73. The van der Waals surface area contributed by atoms with Gasteiger partial charge in [0, 0.05) is 25.0 Å². The standard InChI is InChI=1S/C15H17N5O/c1-3-16-9-11-8-14(21-15-17-10-20(2)19-15)12-6-4-5-7-13(12)18-11/h4-8,10,16H,3,9H2,1-2H3. The first-order chi connectivity index (χ1) is 10.3. The average Bonchev–Trinajstić information content (AvgIpc) is 2.90. The lowest BCUT2D eigenvalue weighted by Gasteiger charge is -2.09. The molecule has 1 N–H and O–H groups in total. The molecule has 0 atom stereocenters. The maximum absolute atomic E-state index is 5.82. The molecule has 0 bridgehead atoms. The smallest absolute Gasteiger partial charge is 0.341 e. The van der Waals surface area contributed by atoms with Crippen molar-refractivity contribution in [3.05, 3.63) is 42.4 Å². The van der Waals surface area contributed by atoms with Crippen molar-refractivity contribution in [2.45, 2.75) is 13.5 Å². The lowest BCUT2D eigenvalue weighted by Crippen LogP contribution is -2.13. The predicted octanol–water partition coefficient (Wildman–Crippen LogP) is 2.27. The SMILES string of the molecule is CCNCc1cc(Oc2ncn(C)n2)c2ccccc2n1. The number of benzene rings is 1. The molecule has 3 aromatic rings. The Kier molecular flexibility index (Phi) is 3.79. The second-order valence-corrected chi connectivity index (χ2v) is 4.71. The molecule has 3 rings (SSSR count). The molecule has 0 radical (unpaired) electrons. The van der Waals surface area contributed by atoms with E-state index < -0.39 is 0 Å². The van der Waals surface area contributed by atoms with Gasteiger partial charge in [0.2, 0.25) is 0 Å². The van der Waals surface area contributed by atoms with Crippen LogP contribution in [0.4, 0.5) is 0 Å². The largest absolute Gasteiger partial charge is 0.422 e. The van der Waals surface area contributed by atoms with Gasteiger partial charge in [-0.25, -0.2) is 0 Å². The Labute approximate surface area is 122 Å². The van der Waals surface area contributed by atoms with Crippen molar-refractivity contribution in [1.82, 2.24) is 25.1 Å². The quantitative estimate of drug-likeness (QED) is 0.778. The summed E-state index contributed by atoms with van der Waals surface area (Å²) in [6, 6.07) is 10.2. The Hall–Kier alpha value is -2.47. The molecular formula is C15H17N5O. The van der Waals surface area contributed by atoms with Crippen LogP contribution in [0.2, 0.25) is 0 Å². The minimum atomic E-state index is 0.336. The summed E-state index contributed by atoms with van der Waals surface area (Å²) in [7, 11) is 1.81. The molecule has 1 aromatic carbocycles. The van der Waals surface area contributed by atoms with Gasteiger partial charge in [0.15, 0.2) is 0 Å². The van der Waals surface area contributed by atoms with Crippen LogP contribution < -0.4 is 10.1 Å². The van der Waals surface area contributed by atoms with Gasteiger partial charge in [-0.1, -0.05) is 19.1 Å². The maximum atomic E-state index is 5.82. The number of pyridine rings is 1. The third-order valence-electron chi connectivity index (χ3n) is 3.07. The van der Waals surface area contributed by atoms with Crippen LogP contribution in [0.1, 0.15) is 12.6 Å². The number of nitrogens with one attached hydrogen (secondary N) is 1. The molecule has 0 amide bonds. The number of aryl methyl sites for hydroxylation is 1. The average molecular weight is 283 g/mol. The molecule has 2 aromatic heterocycles. The van der Waals surface area contributed by atoms with Crippen molar-refractivity contribution in [2.75, 3.05) is 6.54 Å². The molecule has 0 aliphatic rings. The first kappa shape index (κ1) is 13.5. The number of rotatable bonds is 5. The van der Waals surface area contributed by atoms with E-state index in [0.717, 1.165) is 28.9 Å². The van der Waals surface area contributed by atoms with Gasteiger partial charge in [-0.2, -0.15) is 4.98 Å². The highest BCUT2D eigenvalue weighted by molar-refractivity contribution is 5.85. The molecule has 2 heterocycles. The molecule has 6 heteroatoms. The Morgan fingerprint density at radius 3 is 2.90 bits per heavy atom. The van der Waals surface area contributed by atoms with Gasteiger partial charge in [-0.15, -0.1) is 5.10 Å². The highest BCUT2D eigenvalue weighted by Gasteiger charge is 2.09. The first-order valence-corrected chi connectivity index (χ1v) is 6.89. The second-order valence-electron chi connectivity index (χ2n) is 4.71. The molecule has 0 spiro atoms. The molecule has 0 saturated heterocycles. The van der Waals surface area contributed by atoms with Crippen LogP contribution in [0.15, 0.2) is 36.7 Å². The summed E-state index contributed by atoms with van der Waals surface area (Å²) < 4.78 is 7.43. The number of fused-ring (bicyclic) bond motifs is 1. The molecule has 0 aliphatic carbocycles. The fourth-order valence-electron chi connectivity index (χ4n) is 2.09. The van der Waals surface area contributed by atoms with Gasteiger partial charge in [0.1, 0.15) is 12.1 Å². The molecule has 0 unspecified atom stereocenters. The van der Waals surface area contributed by atoms with E-state index in [9.17, 15) is 0 Å². The molecule has 0 saturated carbocycles. The minimum absolute atomic E-state index is 0.336. The van der Waals surface area contributed by atoms with Crippen LogP contribution in [0, 0.1) is 0 Å². The van der Waals surface area contributed by atoms with E-state index in [4.69, 9.17) is 4.74 Å². The molecule has 21 heavy (non-hydrogen) atoms. The van der Waals surface area contributed by atoms with Gasteiger partial charge < -0.3 is 10.1 Å². The zero-order valence-corrected chi connectivity index (χ0v) is 12.1. The zero-order chi connectivity index (χ0) is 14.7. The summed E-state index contributed by atoms with van der Waals surface area (Å²) in [6.45, 7) is 3.66. The maximum Gasteiger partial charge on any atom is 0.341 e. The van der Waals surface area contributed by atoms with Crippen molar-refractivity contribution in [2.24, 2.45) is 7.05 Å². The van der Waals surface area contributed by atoms with Crippen LogP contribution in [0.5, 0.6) is 11.8 Å². The molecule has 108 valence electrons. The molecule has 6 nitrogen and oxygen atoms in total. The van der Waals surface area contributed by atoms with Gasteiger partial charge in [0.05, 0.1) is 11.2 Å². The fraction of sp³-hybridized carbons (Fsp3) is 0.267. The predicted molar refractivity (Wildman–Crippen MR) is 80.2 cm³/mol. The summed E-state index contributed by atoms with van der Waals surface area (Å²) >= 11 is 0. The van der Waals surface area contributed by atoms with Gasteiger partial charge in [-0.3, -0.25) is 9.67 Å². The van der Waals surface area contributed by atoms with Crippen molar-refractivity contribution in [3.8, 4) is 11.8 Å². The van der Waals surface area contributed by atoms with Crippen LogP contribution in [0.25, 0.3) is 10.9 Å². The summed E-state index contributed by atoms with van der Waals surface area (Å²) in [5.74, 6) is 0.722. The third kappa shape index (κ3) is 3.00. The summed E-state index contributed by atoms with van der Waals surface area (Å²) in [5, 5.41) is 8.37. The van der Waals surface area contributed by atoms with Crippen molar-refractivity contribution >= 4 is 10.9 Å². The van der Waals surface area contributed by atoms with Crippen LogP contribution >= 0.6 is 0 Å². The summed E-state index contributed by atoms with van der Waals surface area (Å²) in [5.41, 5.74) is 1.83. The highest BCUT2D eigenvalue weighted by atomic mass is 16.5. The van der Waals surface area contributed by atoms with Crippen molar-refractivity contribution < 1.29 is 4.74 Å².